The summed E-state index contributed by atoms with van der Waals surface area (Å²) in [5.74, 6) is 0.913. The predicted molar refractivity (Wildman–Crippen MR) is 80.8 cm³/mol. The highest BCUT2D eigenvalue weighted by Crippen LogP contribution is 2.31. The van der Waals surface area contributed by atoms with Gasteiger partial charge in [-0.1, -0.05) is 6.07 Å². The highest BCUT2D eigenvalue weighted by atomic mass is 79.9. The van der Waals surface area contributed by atoms with Gasteiger partial charge in [-0.2, -0.15) is 5.26 Å². The van der Waals surface area contributed by atoms with Crippen LogP contribution >= 0.6 is 15.9 Å². The predicted octanol–water partition coefficient (Wildman–Crippen LogP) is 4.18. The molecule has 0 aromatic heterocycles. The lowest BCUT2D eigenvalue weighted by atomic mass is 10.2. The van der Waals surface area contributed by atoms with E-state index in [0.29, 0.717) is 17.1 Å². The van der Waals surface area contributed by atoms with Crippen molar-refractivity contribution in [1.29, 1.82) is 5.26 Å². The first-order valence-electron chi connectivity index (χ1n) is 6.18. The quantitative estimate of drug-likeness (QED) is 0.780. The molecule has 0 N–H and O–H groups in total. The van der Waals surface area contributed by atoms with Crippen molar-refractivity contribution in [3.05, 3.63) is 58.1 Å². The molecule has 5 heteroatoms. The van der Waals surface area contributed by atoms with Crippen LogP contribution in [-0.4, -0.2) is 5.97 Å². The van der Waals surface area contributed by atoms with E-state index >= 15 is 0 Å². The minimum atomic E-state index is -0.326. The molecule has 0 heterocycles. The molecule has 106 valence electrons. The van der Waals surface area contributed by atoms with Crippen LogP contribution in [0.4, 0.5) is 0 Å². The fraction of sp³-hybridized carbons (Fsp3) is 0.125. The Kier molecular flexibility index (Phi) is 4.96. The molecule has 0 aliphatic rings. The number of benzene rings is 2. The molecular weight excluding hydrogens is 334 g/mol. The Balaban J connectivity index is 2.16. The number of rotatable bonds is 4. The van der Waals surface area contributed by atoms with Gasteiger partial charge in [0.2, 0.25) is 0 Å². The minimum Gasteiger partial charge on any atom is -0.461 e. The molecule has 4 nitrogen and oxygen atoms in total. The van der Waals surface area contributed by atoms with E-state index in [0.717, 1.165) is 10.0 Å². The molecule has 0 saturated carbocycles. The Morgan fingerprint density at radius 1 is 1.24 bits per heavy atom. The number of carbonyl (C=O) groups excluding carboxylic acids is 1. The molecule has 2 aromatic rings. The average Bonchev–Trinajstić information content (AvgIpc) is 2.48. The van der Waals surface area contributed by atoms with Crippen LogP contribution in [0.15, 0.2) is 46.9 Å². The third-order valence-corrected chi connectivity index (χ3v) is 3.30. The smallest absolute Gasteiger partial charge is 0.302 e. The van der Waals surface area contributed by atoms with Crippen LogP contribution in [0.2, 0.25) is 0 Å². The van der Waals surface area contributed by atoms with Crippen molar-refractivity contribution in [2.45, 2.75) is 13.5 Å². The standard InChI is InChI=1S/C16H12BrNO3/c1-11(19)20-10-13-4-7-15(17)16(8-13)21-14-5-2-12(9-18)3-6-14/h2-8H,10H2,1H3. The SMILES string of the molecule is CC(=O)OCc1ccc(Br)c(Oc2ccc(C#N)cc2)c1. The summed E-state index contributed by atoms with van der Waals surface area (Å²) in [6, 6.07) is 14.4. The lowest BCUT2D eigenvalue weighted by molar-refractivity contribution is -0.142. The summed E-state index contributed by atoms with van der Waals surface area (Å²) in [5, 5.41) is 8.76. The Labute approximate surface area is 131 Å². The Morgan fingerprint density at radius 2 is 1.95 bits per heavy atom. The Hall–Kier alpha value is -2.32. The molecule has 0 radical (unpaired) electrons. The number of nitrogens with zero attached hydrogens (tertiary/aromatic N) is 1. The number of halogens is 1. The summed E-state index contributed by atoms with van der Waals surface area (Å²) in [6.07, 6.45) is 0. The van der Waals surface area contributed by atoms with Crippen molar-refractivity contribution < 1.29 is 14.3 Å². The topological polar surface area (TPSA) is 59.3 Å². The summed E-state index contributed by atoms with van der Waals surface area (Å²) < 4.78 is 11.5. The van der Waals surface area contributed by atoms with Crippen molar-refractivity contribution in [2.24, 2.45) is 0 Å². The Bertz CT molecular complexity index is 690. The maximum Gasteiger partial charge on any atom is 0.302 e. The monoisotopic (exact) mass is 345 g/mol. The van der Waals surface area contributed by atoms with Crippen molar-refractivity contribution in [3.8, 4) is 17.6 Å². The summed E-state index contributed by atoms with van der Waals surface area (Å²) in [6.45, 7) is 1.57. The van der Waals surface area contributed by atoms with Crippen LogP contribution in [-0.2, 0) is 16.1 Å². The number of esters is 1. The molecule has 0 amide bonds. The van der Waals surface area contributed by atoms with E-state index in [-0.39, 0.29) is 12.6 Å². The first-order chi connectivity index (χ1) is 10.1. The molecule has 0 fully saturated rings. The first-order valence-corrected chi connectivity index (χ1v) is 6.97. The second kappa shape index (κ2) is 6.91. The maximum absolute atomic E-state index is 10.8. The van der Waals surface area contributed by atoms with Gasteiger partial charge in [-0.3, -0.25) is 4.79 Å². The first kappa shape index (κ1) is 15.1. The van der Waals surface area contributed by atoms with Crippen molar-refractivity contribution in [3.63, 3.8) is 0 Å². The lowest BCUT2D eigenvalue weighted by Gasteiger charge is -2.10. The van der Waals surface area contributed by atoms with Gasteiger partial charge in [0.15, 0.2) is 0 Å². The molecule has 2 aromatic carbocycles. The average molecular weight is 346 g/mol. The summed E-state index contributed by atoms with van der Waals surface area (Å²) >= 11 is 3.41. The van der Waals surface area contributed by atoms with E-state index in [4.69, 9.17) is 14.7 Å². The highest BCUT2D eigenvalue weighted by molar-refractivity contribution is 9.10. The van der Waals surface area contributed by atoms with E-state index in [1.807, 2.05) is 12.1 Å². The van der Waals surface area contributed by atoms with Gasteiger partial charge < -0.3 is 9.47 Å². The third-order valence-electron chi connectivity index (χ3n) is 2.65. The van der Waals surface area contributed by atoms with Gasteiger partial charge in [0.1, 0.15) is 18.1 Å². The molecular formula is C16H12BrNO3. The molecule has 0 atom stereocenters. The second-order valence-corrected chi connectivity index (χ2v) is 5.14. The zero-order chi connectivity index (χ0) is 15.2. The molecule has 21 heavy (non-hydrogen) atoms. The largest absolute Gasteiger partial charge is 0.461 e. The number of carbonyl (C=O) groups is 1. The van der Waals surface area contributed by atoms with E-state index in [2.05, 4.69) is 22.0 Å². The van der Waals surface area contributed by atoms with Crippen LogP contribution < -0.4 is 4.74 Å². The van der Waals surface area contributed by atoms with Gasteiger partial charge >= 0.3 is 5.97 Å². The van der Waals surface area contributed by atoms with Crippen molar-refractivity contribution in [1.82, 2.24) is 0 Å². The van der Waals surface area contributed by atoms with Crippen LogP contribution in [0.1, 0.15) is 18.1 Å². The van der Waals surface area contributed by atoms with Gasteiger partial charge in [0.25, 0.3) is 0 Å². The fourth-order valence-electron chi connectivity index (χ4n) is 1.63. The zero-order valence-corrected chi connectivity index (χ0v) is 12.9. The van der Waals surface area contributed by atoms with Gasteiger partial charge in [-0.05, 0) is 57.9 Å². The third kappa shape index (κ3) is 4.33. The normalized spacial score (nSPS) is 9.76. The van der Waals surface area contributed by atoms with Gasteiger partial charge in [-0.25, -0.2) is 0 Å². The van der Waals surface area contributed by atoms with Gasteiger partial charge in [0.05, 0.1) is 16.1 Å². The number of nitriles is 1. The van der Waals surface area contributed by atoms with Gasteiger partial charge in [-0.15, -0.1) is 0 Å². The number of hydrogen-bond donors (Lipinski definition) is 0. The maximum atomic E-state index is 10.8. The van der Waals surface area contributed by atoms with Crippen LogP contribution in [0.25, 0.3) is 0 Å². The molecule has 0 unspecified atom stereocenters. The lowest BCUT2D eigenvalue weighted by Crippen LogP contribution is -1.99. The van der Waals surface area contributed by atoms with Crippen LogP contribution in [0, 0.1) is 11.3 Å². The molecule has 0 aliphatic carbocycles. The summed E-state index contributed by atoms with van der Waals surface area (Å²) in [4.78, 5) is 10.8. The summed E-state index contributed by atoms with van der Waals surface area (Å²) in [5.41, 5.74) is 1.40. The van der Waals surface area contributed by atoms with Crippen molar-refractivity contribution in [2.75, 3.05) is 0 Å². The van der Waals surface area contributed by atoms with Gasteiger partial charge in [0, 0.05) is 6.92 Å². The van der Waals surface area contributed by atoms with Crippen LogP contribution in [0.3, 0.4) is 0 Å². The minimum absolute atomic E-state index is 0.201. The molecule has 2 rings (SSSR count). The Morgan fingerprint density at radius 3 is 2.57 bits per heavy atom. The summed E-state index contributed by atoms with van der Waals surface area (Å²) in [7, 11) is 0. The zero-order valence-electron chi connectivity index (χ0n) is 11.3. The van der Waals surface area contributed by atoms with Crippen molar-refractivity contribution >= 4 is 21.9 Å². The molecule has 0 bridgehead atoms. The highest BCUT2D eigenvalue weighted by Gasteiger charge is 2.06. The fourth-order valence-corrected chi connectivity index (χ4v) is 1.95. The number of hydrogen-bond acceptors (Lipinski definition) is 4. The molecule has 0 spiro atoms. The van der Waals surface area contributed by atoms with E-state index in [9.17, 15) is 4.79 Å². The second-order valence-electron chi connectivity index (χ2n) is 4.28. The molecule has 0 aliphatic heterocycles. The van der Waals surface area contributed by atoms with E-state index in [1.165, 1.54) is 6.92 Å². The number of ether oxygens (including phenoxy) is 2. The van der Waals surface area contributed by atoms with E-state index < -0.39 is 0 Å². The van der Waals surface area contributed by atoms with E-state index in [1.54, 1.807) is 30.3 Å². The van der Waals surface area contributed by atoms with Crippen LogP contribution in [0.5, 0.6) is 11.5 Å². The molecule has 0 saturated heterocycles.